The van der Waals surface area contributed by atoms with Gasteiger partial charge in [0.1, 0.15) is 0 Å². The fourth-order valence-corrected chi connectivity index (χ4v) is 2.87. The van der Waals surface area contributed by atoms with E-state index in [0.717, 1.165) is 24.1 Å². The second kappa shape index (κ2) is 6.24. The monoisotopic (exact) mass is 289 g/mol. The minimum atomic E-state index is -0.335. The first-order chi connectivity index (χ1) is 9.90. The molecule has 114 valence electrons. The van der Waals surface area contributed by atoms with Crippen molar-refractivity contribution in [3.8, 4) is 0 Å². The van der Waals surface area contributed by atoms with Crippen molar-refractivity contribution < 1.29 is 4.92 Å². The van der Waals surface area contributed by atoms with Crippen LogP contribution in [0.3, 0.4) is 0 Å². The van der Waals surface area contributed by atoms with E-state index in [-0.39, 0.29) is 10.6 Å². The summed E-state index contributed by atoms with van der Waals surface area (Å²) in [6, 6.07) is 6.15. The van der Waals surface area contributed by atoms with E-state index < -0.39 is 0 Å². The van der Waals surface area contributed by atoms with Crippen molar-refractivity contribution in [2.24, 2.45) is 5.10 Å². The highest BCUT2D eigenvalue weighted by Gasteiger charge is 2.23. The third-order valence-corrected chi connectivity index (χ3v) is 4.24. The van der Waals surface area contributed by atoms with E-state index in [4.69, 9.17) is 5.10 Å². The molecule has 5 nitrogen and oxygen atoms in total. The first-order valence-corrected chi connectivity index (χ1v) is 7.49. The van der Waals surface area contributed by atoms with Gasteiger partial charge in [0, 0.05) is 29.3 Å². The van der Waals surface area contributed by atoms with Crippen molar-refractivity contribution in [2.45, 2.75) is 59.0 Å². The topological polar surface area (TPSA) is 58.7 Å². The van der Waals surface area contributed by atoms with Crippen LogP contribution in [0, 0.1) is 17.0 Å². The second-order valence-corrected chi connectivity index (χ2v) is 5.95. The Morgan fingerprint density at radius 2 is 1.95 bits per heavy atom. The summed E-state index contributed by atoms with van der Waals surface area (Å²) in [6.45, 7) is 8.04. The van der Waals surface area contributed by atoms with Gasteiger partial charge in [0.2, 0.25) is 0 Å². The summed E-state index contributed by atoms with van der Waals surface area (Å²) in [5.41, 5.74) is 2.48. The van der Waals surface area contributed by atoms with Crippen LogP contribution >= 0.6 is 0 Å². The number of nitro groups is 1. The summed E-state index contributed by atoms with van der Waals surface area (Å²) in [4.78, 5) is 10.7. The average Bonchev–Trinajstić information content (AvgIpc) is 2.43. The van der Waals surface area contributed by atoms with Crippen molar-refractivity contribution in [1.29, 1.82) is 0 Å². The van der Waals surface area contributed by atoms with Crippen LogP contribution in [0.25, 0.3) is 0 Å². The molecule has 1 saturated heterocycles. The van der Waals surface area contributed by atoms with Crippen LogP contribution in [-0.2, 0) is 0 Å². The number of hydrogen-bond donors (Lipinski definition) is 0. The molecule has 0 amide bonds. The smallest absolute Gasteiger partial charge is 0.272 e. The molecule has 1 aromatic carbocycles. The number of nitro benzene ring substituents is 1. The summed E-state index contributed by atoms with van der Waals surface area (Å²) in [5.74, 6) is 0. The maximum absolute atomic E-state index is 11.0. The van der Waals surface area contributed by atoms with Crippen molar-refractivity contribution in [3.05, 3.63) is 39.4 Å². The number of benzene rings is 1. The van der Waals surface area contributed by atoms with Crippen molar-refractivity contribution in [2.75, 3.05) is 0 Å². The first kappa shape index (κ1) is 15.5. The van der Waals surface area contributed by atoms with Gasteiger partial charge in [-0.25, -0.2) is 0 Å². The van der Waals surface area contributed by atoms with E-state index >= 15 is 0 Å². The zero-order valence-electron chi connectivity index (χ0n) is 13.2. The van der Waals surface area contributed by atoms with Crippen LogP contribution in [0.5, 0.6) is 0 Å². The molecule has 1 heterocycles. The Bertz CT molecular complexity index is 559. The van der Waals surface area contributed by atoms with Crippen molar-refractivity contribution in [1.82, 2.24) is 5.01 Å². The molecule has 0 aromatic heterocycles. The SMILES string of the molecule is CC(=NN1C(C)CCCC1C)c1ccc(C)c([N+](=O)[O-])c1. The number of nitrogens with zero attached hydrogens (tertiary/aromatic N) is 3. The molecule has 2 unspecified atom stereocenters. The lowest BCUT2D eigenvalue weighted by atomic mass is 10.00. The third kappa shape index (κ3) is 3.40. The Morgan fingerprint density at radius 1 is 1.33 bits per heavy atom. The molecule has 0 spiro atoms. The molecule has 1 aliphatic heterocycles. The molecule has 5 heteroatoms. The summed E-state index contributed by atoms with van der Waals surface area (Å²) >= 11 is 0. The van der Waals surface area contributed by atoms with Gasteiger partial charge in [-0.3, -0.25) is 15.1 Å². The third-order valence-electron chi connectivity index (χ3n) is 4.24. The molecule has 2 rings (SSSR count). The maximum atomic E-state index is 11.0. The molecule has 21 heavy (non-hydrogen) atoms. The van der Waals surface area contributed by atoms with Crippen molar-refractivity contribution in [3.63, 3.8) is 0 Å². The van der Waals surface area contributed by atoms with Gasteiger partial charge in [-0.15, -0.1) is 0 Å². The van der Waals surface area contributed by atoms with Crippen molar-refractivity contribution >= 4 is 11.4 Å². The van der Waals surface area contributed by atoms with Crippen LogP contribution in [0.1, 0.15) is 51.2 Å². The number of hydrogen-bond acceptors (Lipinski definition) is 4. The summed E-state index contributed by atoms with van der Waals surface area (Å²) in [5, 5.41) is 17.9. The first-order valence-electron chi connectivity index (χ1n) is 7.49. The molecule has 2 atom stereocenters. The van der Waals surface area contributed by atoms with Crippen LogP contribution in [-0.4, -0.2) is 27.7 Å². The van der Waals surface area contributed by atoms with Gasteiger partial charge in [0.05, 0.1) is 10.6 Å². The van der Waals surface area contributed by atoms with E-state index in [1.807, 2.05) is 13.0 Å². The highest BCUT2D eigenvalue weighted by Crippen LogP contribution is 2.24. The van der Waals surface area contributed by atoms with Gasteiger partial charge in [0.15, 0.2) is 0 Å². The van der Waals surface area contributed by atoms with E-state index in [0.29, 0.717) is 17.6 Å². The van der Waals surface area contributed by atoms with Gasteiger partial charge in [0.25, 0.3) is 5.69 Å². The number of piperidine rings is 1. The van der Waals surface area contributed by atoms with Gasteiger partial charge < -0.3 is 0 Å². The molecular weight excluding hydrogens is 266 g/mol. The largest absolute Gasteiger partial charge is 0.291 e. The Balaban J connectivity index is 2.30. The number of aryl methyl sites for hydroxylation is 1. The Hall–Kier alpha value is -1.91. The zero-order chi connectivity index (χ0) is 15.6. The summed E-state index contributed by atoms with van der Waals surface area (Å²) in [7, 11) is 0. The predicted molar refractivity (Wildman–Crippen MR) is 84.7 cm³/mol. The lowest BCUT2D eigenvalue weighted by Crippen LogP contribution is -2.40. The fraction of sp³-hybridized carbons (Fsp3) is 0.562. The molecule has 1 aliphatic rings. The minimum absolute atomic E-state index is 0.154. The van der Waals surface area contributed by atoms with Crippen LogP contribution < -0.4 is 0 Å². The maximum Gasteiger partial charge on any atom is 0.272 e. The second-order valence-electron chi connectivity index (χ2n) is 5.95. The molecule has 0 N–H and O–H groups in total. The quantitative estimate of drug-likeness (QED) is 0.482. The molecule has 0 saturated carbocycles. The number of rotatable bonds is 3. The van der Waals surface area contributed by atoms with Crippen LogP contribution in [0.15, 0.2) is 23.3 Å². The summed E-state index contributed by atoms with van der Waals surface area (Å²) in [6.07, 6.45) is 3.54. The van der Waals surface area contributed by atoms with E-state index in [2.05, 4.69) is 18.9 Å². The zero-order valence-corrected chi connectivity index (χ0v) is 13.2. The fourth-order valence-electron chi connectivity index (χ4n) is 2.87. The predicted octanol–water partition coefficient (Wildman–Crippen LogP) is 3.89. The molecular formula is C16H23N3O2. The average molecular weight is 289 g/mol. The molecule has 0 aliphatic carbocycles. The number of hydrazone groups is 1. The van der Waals surface area contributed by atoms with Crippen LogP contribution in [0.2, 0.25) is 0 Å². The van der Waals surface area contributed by atoms with E-state index in [9.17, 15) is 10.1 Å². The lowest BCUT2D eigenvalue weighted by molar-refractivity contribution is -0.385. The highest BCUT2D eigenvalue weighted by atomic mass is 16.6. The molecule has 0 bridgehead atoms. The Morgan fingerprint density at radius 3 is 2.52 bits per heavy atom. The van der Waals surface area contributed by atoms with Gasteiger partial charge in [-0.1, -0.05) is 12.1 Å². The molecule has 0 radical (unpaired) electrons. The standard InChI is InChI=1S/C16H23N3O2/c1-11-8-9-15(10-16(11)19(20)21)14(4)17-18-12(2)6-5-7-13(18)3/h8-10,12-13H,5-7H2,1-4H3. The lowest BCUT2D eigenvalue weighted by Gasteiger charge is -2.37. The molecule has 1 aromatic rings. The normalized spacial score (nSPS) is 23.2. The van der Waals surface area contributed by atoms with Crippen LogP contribution in [0.4, 0.5) is 5.69 Å². The molecule has 1 fully saturated rings. The highest BCUT2D eigenvalue weighted by molar-refractivity contribution is 5.99. The Labute approximate surface area is 125 Å². The summed E-state index contributed by atoms with van der Waals surface area (Å²) < 4.78 is 0. The van der Waals surface area contributed by atoms with E-state index in [1.54, 1.807) is 19.1 Å². The van der Waals surface area contributed by atoms with Gasteiger partial charge in [-0.2, -0.15) is 5.10 Å². The Kier molecular flexibility index (Phi) is 4.60. The van der Waals surface area contributed by atoms with E-state index in [1.165, 1.54) is 6.42 Å². The van der Waals surface area contributed by atoms with Gasteiger partial charge >= 0.3 is 0 Å². The minimum Gasteiger partial charge on any atom is -0.291 e. The van der Waals surface area contributed by atoms with Gasteiger partial charge in [-0.05, 0) is 47.0 Å².